The SMILES string of the molecule is O=[N+]([O-])c1ccc(N=Nc2ccc(O)cc2ONOc2cc([N+](=O)[O-])ccc2N=Nc2ccc(O)cc2O)c(O)c1. The molecule has 5 N–H and O–H groups in total. The molecule has 4 aromatic carbocycles. The van der Waals surface area contributed by atoms with E-state index in [2.05, 4.69) is 26.1 Å². The molecule has 0 aliphatic rings. The van der Waals surface area contributed by atoms with Gasteiger partial charge in [0.2, 0.25) is 0 Å². The van der Waals surface area contributed by atoms with Gasteiger partial charge in [-0.15, -0.1) is 20.5 Å². The van der Waals surface area contributed by atoms with Gasteiger partial charge in [-0.1, -0.05) is 0 Å². The average Bonchev–Trinajstić information content (AvgIpc) is 2.93. The molecule has 0 fully saturated rings. The van der Waals surface area contributed by atoms with Crippen LogP contribution in [0.2, 0.25) is 0 Å². The van der Waals surface area contributed by atoms with Gasteiger partial charge >= 0.3 is 0 Å². The maximum absolute atomic E-state index is 11.2. The van der Waals surface area contributed by atoms with E-state index < -0.39 is 15.6 Å². The van der Waals surface area contributed by atoms with Gasteiger partial charge in [0.25, 0.3) is 11.4 Å². The van der Waals surface area contributed by atoms with Crippen LogP contribution in [0.5, 0.6) is 34.5 Å². The molecule has 0 spiro atoms. The Kier molecular flexibility index (Phi) is 8.10. The number of nitrogens with zero attached hydrogens (tertiary/aromatic N) is 6. The zero-order valence-corrected chi connectivity index (χ0v) is 20.3. The molecule has 0 bridgehead atoms. The second kappa shape index (κ2) is 12.0. The van der Waals surface area contributed by atoms with Crippen molar-refractivity contribution in [1.82, 2.24) is 5.64 Å². The van der Waals surface area contributed by atoms with Crippen LogP contribution in [0.4, 0.5) is 34.1 Å². The lowest BCUT2D eigenvalue weighted by Crippen LogP contribution is -2.22. The van der Waals surface area contributed by atoms with Gasteiger partial charge < -0.3 is 30.1 Å². The third-order valence-electron chi connectivity index (χ3n) is 5.06. The van der Waals surface area contributed by atoms with Crippen molar-refractivity contribution in [2.45, 2.75) is 0 Å². The van der Waals surface area contributed by atoms with E-state index in [9.17, 15) is 40.7 Å². The maximum Gasteiger partial charge on any atom is 0.273 e. The number of benzene rings is 4. The molecule has 0 aromatic heterocycles. The number of nitro benzene ring substituents is 2. The fraction of sp³-hybridized carbons (Fsp3) is 0. The first kappa shape index (κ1) is 27.7. The van der Waals surface area contributed by atoms with Crippen LogP contribution in [-0.2, 0) is 0 Å². The molecular formula is C24H17N7O10. The lowest BCUT2D eigenvalue weighted by Gasteiger charge is -2.11. The summed E-state index contributed by atoms with van der Waals surface area (Å²) in [6, 6.07) is 13.9. The van der Waals surface area contributed by atoms with Crippen LogP contribution < -0.4 is 15.3 Å². The van der Waals surface area contributed by atoms with Gasteiger partial charge in [0.05, 0.1) is 22.0 Å². The summed E-state index contributed by atoms with van der Waals surface area (Å²) in [5.41, 5.74) is 1.27. The molecule has 0 radical (unpaired) electrons. The van der Waals surface area contributed by atoms with Crippen molar-refractivity contribution in [3.8, 4) is 34.5 Å². The first-order valence-electron chi connectivity index (χ1n) is 11.1. The van der Waals surface area contributed by atoms with E-state index in [0.717, 1.165) is 36.4 Å². The van der Waals surface area contributed by atoms with Crippen LogP contribution in [0.3, 0.4) is 0 Å². The third kappa shape index (κ3) is 6.94. The lowest BCUT2D eigenvalue weighted by atomic mass is 10.2. The number of phenols is 4. The van der Waals surface area contributed by atoms with Crippen molar-refractivity contribution in [3.05, 3.63) is 93.0 Å². The zero-order chi connectivity index (χ0) is 29.5. The summed E-state index contributed by atoms with van der Waals surface area (Å²) in [5.74, 6) is -1.67. The Bertz CT molecular complexity index is 1690. The van der Waals surface area contributed by atoms with E-state index in [4.69, 9.17) is 9.68 Å². The summed E-state index contributed by atoms with van der Waals surface area (Å²) in [6.07, 6.45) is 0. The minimum Gasteiger partial charge on any atom is -0.508 e. The normalized spacial score (nSPS) is 11.1. The van der Waals surface area contributed by atoms with Crippen LogP contribution in [0.1, 0.15) is 0 Å². The van der Waals surface area contributed by atoms with Gasteiger partial charge in [0, 0.05) is 29.9 Å². The Morgan fingerprint density at radius 2 is 0.976 bits per heavy atom. The molecule has 4 rings (SSSR count). The minimum atomic E-state index is -0.691. The molecule has 0 saturated carbocycles. The van der Waals surface area contributed by atoms with Crippen LogP contribution in [-0.4, -0.2) is 30.3 Å². The molecule has 17 heteroatoms. The Morgan fingerprint density at radius 1 is 0.561 bits per heavy atom. The molecule has 17 nitrogen and oxygen atoms in total. The van der Waals surface area contributed by atoms with Crippen molar-refractivity contribution in [2.24, 2.45) is 20.5 Å². The minimum absolute atomic E-state index is 0.00914. The van der Waals surface area contributed by atoms with Crippen molar-refractivity contribution in [3.63, 3.8) is 0 Å². The van der Waals surface area contributed by atoms with E-state index >= 15 is 0 Å². The molecule has 0 heterocycles. The summed E-state index contributed by atoms with van der Waals surface area (Å²) in [4.78, 5) is 31.3. The molecule has 0 unspecified atom stereocenters. The number of aromatic hydroxyl groups is 4. The van der Waals surface area contributed by atoms with E-state index in [1.165, 1.54) is 36.4 Å². The number of non-ortho nitro benzene ring substituents is 2. The highest BCUT2D eigenvalue weighted by Gasteiger charge is 2.15. The molecule has 0 saturated heterocycles. The van der Waals surface area contributed by atoms with Crippen LogP contribution in [0.15, 0.2) is 93.3 Å². The molecule has 0 aliphatic heterocycles. The van der Waals surface area contributed by atoms with Crippen LogP contribution in [0.25, 0.3) is 0 Å². The highest BCUT2D eigenvalue weighted by Crippen LogP contribution is 2.37. The quantitative estimate of drug-likeness (QED) is 0.0845. The molecule has 41 heavy (non-hydrogen) atoms. The van der Waals surface area contributed by atoms with Gasteiger partial charge in [0.1, 0.15) is 45.7 Å². The van der Waals surface area contributed by atoms with Crippen molar-refractivity contribution in [1.29, 1.82) is 0 Å². The average molecular weight is 563 g/mol. The van der Waals surface area contributed by atoms with Gasteiger partial charge in [-0.3, -0.25) is 20.2 Å². The number of nitro groups is 2. The first-order chi connectivity index (χ1) is 19.6. The number of rotatable bonds is 10. The van der Waals surface area contributed by atoms with Gasteiger partial charge in [-0.2, -0.15) is 0 Å². The monoisotopic (exact) mass is 563 g/mol. The van der Waals surface area contributed by atoms with Crippen LogP contribution >= 0.6 is 0 Å². The van der Waals surface area contributed by atoms with Crippen LogP contribution in [0, 0.1) is 20.2 Å². The number of azo groups is 2. The largest absolute Gasteiger partial charge is 0.508 e. The zero-order valence-electron chi connectivity index (χ0n) is 20.3. The highest BCUT2D eigenvalue weighted by molar-refractivity contribution is 5.59. The summed E-state index contributed by atoms with van der Waals surface area (Å²) in [6.45, 7) is 0. The van der Waals surface area contributed by atoms with Gasteiger partial charge in [-0.25, -0.2) is 0 Å². The number of hydrogen-bond donors (Lipinski definition) is 5. The maximum atomic E-state index is 11.2. The van der Waals surface area contributed by atoms with E-state index in [0.29, 0.717) is 0 Å². The van der Waals surface area contributed by atoms with Crippen molar-refractivity contribution >= 4 is 34.1 Å². The molecular weight excluding hydrogens is 546 g/mol. The molecule has 4 aromatic rings. The Hall–Kier alpha value is -6.36. The Morgan fingerprint density at radius 3 is 1.51 bits per heavy atom. The van der Waals surface area contributed by atoms with Crippen molar-refractivity contribution < 1.29 is 39.9 Å². The van der Waals surface area contributed by atoms with E-state index in [1.807, 2.05) is 0 Å². The standard InChI is InChI=1S/C24H17N7O10/c32-15-3-7-18(22(35)11-15)26-27-19-6-2-14(31(38)39)10-23(19)40-29-41-24-12-16(33)4-8-20(24)28-25-17-5-1-13(30(36)37)9-21(17)34/h1-12,29,32-35H. The third-order valence-corrected chi connectivity index (χ3v) is 5.06. The first-order valence-corrected chi connectivity index (χ1v) is 11.1. The smallest absolute Gasteiger partial charge is 0.273 e. The summed E-state index contributed by atoms with van der Waals surface area (Å²) < 4.78 is 0. The van der Waals surface area contributed by atoms with Gasteiger partial charge in [-0.05, 0) is 36.4 Å². The summed E-state index contributed by atoms with van der Waals surface area (Å²) >= 11 is 0. The fourth-order valence-electron chi connectivity index (χ4n) is 3.08. The number of phenolic OH excluding ortho intramolecular Hbond substituents is 4. The Balaban J connectivity index is 1.54. The second-order valence-corrected chi connectivity index (χ2v) is 7.85. The summed E-state index contributed by atoms with van der Waals surface area (Å²) in [5, 5.41) is 76.7. The molecule has 0 aliphatic carbocycles. The number of nitrogens with one attached hydrogen (secondary N) is 1. The second-order valence-electron chi connectivity index (χ2n) is 7.85. The molecule has 0 atom stereocenters. The molecule has 208 valence electrons. The Labute approximate surface area is 228 Å². The van der Waals surface area contributed by atoms with E-state index in [1.54, 1.807) is 0 Å². The summed E-state index contributed by atoms with van der Waals surface area (Å²) in [7, 11) is 0. The fourth-order valence-corrected chi connectivity index (χ4v) is 3.08. The number of hydrogen-bond acceptors (Lipinski definition) is 15. The van der Waals surface area contributed by atoms with E-state index in [-0.39, 0.29) is 62.9 Å². The van der Waals surface area contributed by atoms with Gasteiger partial charge in [0.15, 0.2) is 11.5 Å². The topological polar surface area (TPSA) is 247 Å². The lowest BCUT2D eigenvalue weighted by molar-refractivity contribution is -0.385. The predicted octanol–water partition coefficient (Wildman–Crippen LogP) is 6.03. The van der Waals surface area contributed by atoms with Crippen molar-refractivity contribution in [2.75, 3.05) is 0 Å². The predicted molar refractivity (Wildman–Crippen MR) is 138 cm³/mol. The highest BCUT2D eigenvalue weighted by atomic mass is 16.9. The molecule has 0 amide bonds.